The van der Waals surface area contributed by atoms with Gasteiger partial charge in [-0.2, -0.15) is 0 Å². The summed E-state index contributed by atoms with van der Waals surface area (Å²) in [7, 11) is 0. The van der Waals surface area contributed by atoms with Crippen LogP contribution in [-0.4, -0.2) is 40.9 Å². The number of nitrogens with one attached hydrogen (secondary N) is 2. The minimum atomic E-state index is -0.877. The van der Waals surface area contributed by atoms with Crippen LogP contribution in [0, 0.1) is 17.3 Å². The number of nitrogens with zero attached hydrogens (tertiary/aromatic N) is 1. The van der Waals surface area contributed by atoms with E-state index in [2.05, 4.69) is 34.9 Å². The van der Waals surface area contributed by atoms with E-state index in [9.17, 15) is 14.4 Å². The largest absolute Gasteiger partial charge is 0.368 e. The van der Waals surface area contributed by atoms with Crippen molar-refractivity contribution < 1.29 is 14.4 Å². The molecule has 6 rings (SSSR count). The van der Waals surface area contributed by atoms with Crippen molar-refractivity contribution in [3.63, 3.8) is 0 Å². The first kappa shape index (κ1) is 21.9. The van der Waals surface area contributed by atoms with Crippen molar-refractivity contribution in [2.75, 3.05) is 6.54 Å². The van der Waals surface area contributed by atoms with E-state index in [0.29, 0.717) is 25.3 Å². The first-order valence-electron chi connectivity index (χ1n) is 13.2. The summed E-state index contributed by atoms with van der Waals surface area (Å²) in [6.45, 7) is 0.504. The number of hydrogen-bond donors (Lipinski definition) is 3. The Morgan fingerprint density at radius 1 is 1.00 bits per heavy atom. The molecule has 4 aliphatic carbocycles. The van der Waals surface area contributed by atoms with E-state index in [-0.39, 0.29) is 29.3 Å². The van der Waals surface area contributed by atoms with Crippen molar-refractivity contribution in [2.24, 2.45) is 23.0 Å². The van der Waals surface area contributed by atoms with Crippen LogP contribution >= 0.6 is 0 Å². The predicted octanol–water partition coefficient (Wildman–Crippen LogP) is 3.18. The lowest BCUT2D eigenvalue weighted by molar-refractivity contribution is -0.125. The van der Waals surface area contributed by atoms with E-state index >= 15 is 0 Å². The van der Waals surface area contributed by atoms with Crippen molar-refractivity contribution >= 4 is 17.8 Å². The molecule has 4 amide bonds. The summed E-state index contributed by atoms with van der Waals surface area (Å²) in [5.74, 6) is 0.123. The highest BCUT2D eigenvalue weighted by molar-refractivity contribution is 5.96. The molecule has 7 heteroatoms. The molecule has 182 valence electrons. The number of rotatable bonds is 5. The van der Waals surface area contributed by atoms with Gasteiger partial charge >= 0.3 is 6.03 Å². The van der Waals surface area contributed by atoms with Crippen molar-refractivity contribution in [2.45, 2.75) is 88.3 Å². The van der Waals surface area contributed by atoms with Crippen LogP contribution in [0.2, 0.25) is 0 Å². The van der Waals surface area contributed by atoms with Crippen molar-refractivity contribution in [3.8, 4) is 0 Å². The molecular weight excluding hydrogens is 428 g/mol. The second kappa shape index (κ2) is 7.99. The number of hydrogen-bond acceptors (Lipinski definition) is 3. The maximum Gasteiger partial charge on any atom is 0.318 e. The molecule has 0 radical (unpaired) electrons. The number of amides is 4. The third kappa shape index (κ3) is 3.50. The maximum atomic E-state index is 14.0. The third-order valence-electron chi connectivity index (χ3n) is 9.50. The number of urea groups is 1. The van der Waals surface area contributed by atoms with Gasteiger partial charge in [-0.3, -0.25) is 9.59 Å². The zero-order chi connectivity index (χ0) is 23.5. The topological polar surface area (TPSA) is 105 Å². The molecule has 4 N–H and O–H groups in total. The number of carbonyl (C=O) groups is 3. The van der Waals surface area contributed by atoms with Crippen molar-refractivity contribution in [1.29, 1.82) is 0 Å². The van der Waals surface area contributed by atoms with Crippen LogP contribution in [0.3, 0.4) is 0 Å². The first-order valence-corrected chi connectivity index (χ1v) is 13.2. The van der Waals surface area contributed by atoms with Crippen LogP contribution in [0.25, 0.3) is 0 Å². The number of nitrogens with two attached hydrogens (primary N) is 1. The Labute approximate surface area is 201 Å². The van der Waals surface area contributed by atoms with Gasteiger partial charge in [0, 0.05) is 6.54 Å². The van der Waals surface area contributed by atoms with Crippen LogP contribution in [0.1, 0.15) is 81.4 Å². The standard InChI is InChI=1S/C27H36N4O3/c28-23(32)21-11-6-14-31(21)25(34)30-27(16-20(27)17-7-2-1-3-8-17)24(33)29-22-19-10-5-4-9-18(19)15-26(22)12-13-26/h4-5,9-10,17,20-22H,1-3,6-8,11-16H2,(H2,28,32)(H,29,33)(H,30,34)/t20-,21-,22-,27+/m0/s1. The molecule has 1 aromatic carbocycles. The second-order valence-electron chi connectivity index (χ2n) is 11.5. The molecule has 4 fully saturated rings. The van der Waals surface area contributed by atoms with E-state index < -0.39 is 17.5 Å². The van der Waals surface area contributed by atoms with E-state index in [1.807, 2.05) is 0 Å². The highest BCUT2D eigenvalue weighted by Crippen LogP contribution is 2.62. The van der Waals surface area contributed by atoms with Crippen molar-refractivity contribution in [3.05, 3.63) is 35.4 Å². The fourth-order valence-corrected chi connectivity index (χ4v) is 7.33. The second-order valence-corrected chi connectivity index (χ2v) is 11.5. The molecular formula is C27H36N4O3. The van der Waals surface area contributed by atoms with Gasteiger partial charge in [0.2, 0.25) is 11.8 Å². The summed E-state index contributed by atoms with van der Waals surface area (Å²) >= 11 is 0. The molecule has 1 aromatic rings. The number of likely N-dealkylation sites (tertiary alicyclic amines) is 1. The number of carbonyl (C=O) groups excluding carboxylic acids is 3. The zero-order valence-electron chi connectivity index (χ0n) is 19.9. The molecule has 0 unspecified atom stereocenters. The average Bonchev–Trinajstić information content (AvgIpc) is 3.67. The fraction of sp³-hybridized carbons (Fsp3) is 0.667. The molecule has 7 nitrogen and oxygen atoms in total. The van der Waals surface area contributed by atoms with Gasteiger partial charge in [-0.05, 0) is 66.9 Å². The summed E-state index contributed by atoms with van der Waals surface area (Å²) in [4.78, 5) is 40.8. The Kier molecular flexibility index (Phi) is 5.15. The van der Waals surface area contributed by atoms with E-state index in [4.69, 9.17) is 5.73 Å². The van der Waals surface area contributed by atoms with Crippen molar-refractivity contribution in [1.82, 2.24) is 15.5 Å². The van der Waals surface area contributed by atoms with Gasteiger partial charge < -0.3 is 21.3 Å². The number of primary amides is 1. The zero-order valence-corrected chi connectivity index (χ0v) is 19.9. The Balaban J connectivity index is 1.25. The summed E-state index contributed by atoms with van der Waals surface area (Å²) < 4.78 is 0. The summed E-state index contributed by atoms with van der Waals surface area (Å²) in [6.07, 6.45) is 11.2. The van der Waals surface area contributed by atoms with E-state index in [1.165, 1.54) is 30.4 Å². The third-order valence-corrected chi connectivity index (χ3v) is 9.50. The maximum absolute atomic E-state index is 14.0. The minimum absolute atomic E-state index is 0.0164. The molecule has 34 heavy (non-hydrogen) atoms. The SMILES string of the molecule is NC(=O)[C@@H]1CCCN1C(=O)N[C@]1(C(=O)N[C@H]2c3ccccc3CC23CC3)C[C@H]1C1CCCCC1. The monoisotopic (exact) mass is 464 g/mol. The molecule has 3 saturated carbocycles. The fourth-order valence-electron chi connectivity index (χ4n) is 7.33. The van der Waals surface area contributed by atoms with Crippen LogP contribution in [0.5, 0.6) is 0 Å². The molecule has 1 spiro atoms. The smallest absolute Gasteiger partial charge is 0.318 e. The normalized spacial score (nSPS) is 33.4. The molecule has 0 bridgehead atoms. The van der Waals surface area contributed by atoms with Crippen LogP contribution in [-0.2, 0) is 16.0 Å². The summed E-state index contributed by atoms with van der Waals surface area (Å²) in [5, 5.41) is 6.58. The van der Waals surface area contributed by atoms with Gasteiger partial charge in [0.25, 0.3) is 0 Å². The molecule has 5 aliphatic rings. The molecule has 0 aromatic heterocycles. The molecule has 4 atom stereocenters. The molecule has 1 saturated heterocycles. The summed E-state index contributed by atoms with van der Waals surface area (Å²) in [5.41, 5.74) is 7.40. The van der Waals surface area contributed by atoms with Gasteiger partial charge in [0.15, 0.2) is 0 Å². The lowest BCUT2D eigenvalue weighted by atomic mass is 9.84. The van der Waals surface area contributed by atoms with Crippen LogP contribution in [0.15, 0.2) is 24.3 Å². The lowest BCUT2D eigenvalue weighted by Gasteiger charge is -2.31. The van der Waals surface area contributed by atoms with E-state index in [0.717, 1.165) is 38.5 Å². The predicted molar refractivity (Wildman–Crippen MR) is 128 cm³/mol. The van der Waals surface area contributed by atoms with Crippen LogP contribution in [0.4, 0.5) is 4.79 Å². The lowest BCUT2D eigenvalue weighted by Crippen LogP contribution is -2.57. The van der Waals surface area contributed by atoms with Gasteiger partial charge in [0.05, 0.1) is 6.04 Å². The Morgan fingerprint density at radius 3 is 2.50 bits per heavy atom. The number of benzene rings is 1. The van der Waals surface area contributed by atoms with Gasteiger partial charge in [-0.15, -0.1) is 0 Å². The highest BCUT2D eigenvalue weighted by atomic mass is 16.2. The summed E-state index contributed by atoms with van der Waals surface area (Å²) in [6, 6.07) is 7.57. The highest BCUT2D eigenvalue weighted by Gasteiger charge is 2.65. The quantitative estimate of drug-likeness (QED) is 0.623. The Hall–Kier alpha value is -2.57. The Morgan fingerprint density at radius 2 is 1.76 bits per heavy atom. The molecule has 1 aliphatic heterocycles. The van der Waals surface area contributed by atoms with Crippen LogP contribution < -0.4 is 16.4 Å². The van der Waals surface area contributed by atoms with E-state index in [1.54, 1.807) is 4.90 Å². The average molecular weight is 465 g/mol. The van der Waals surface area contributed by atoms with Gasteiger partial charge in [0.1, 0.15) is 11.6 Å². The Bertz CT molecular complexity index is 1010. The van der Waals surface area contributed by atoms with Gasteiger partial charge in [-0.25, -0.2) is 4.79 Å². The first-order chi connectivity index (χ1) is 16.4. The number of fused-ring (bicyclic) bond motifs is 1. The van der Waals surface area contributed by atoms with Gasteiger partial charge in [-0.1, -0.05) is 56.4 Å². The molecule has 1 heterocycles. The minimum Gasteiger partial charge on any atom is -0.368 e.